The van der Waals surface area contributed by atoms with Crippen LogP contribution in [0.4, 0.5) is 18.4 Å². The number of rotatable bonds is 4. The van der Waals surface area contributed by atoms with E-state index in [0.717, 1.165) is 30.5 Å². The van der Waals surface area contributed by atoms with Gasteiger partial charge in [0.15, 0.2) is 0 Å². The van der Waals surface area contributed by atoms with E-state index in [2.05, 4.69) is 4.98 Å². The summed E-state index contributed by atoms with van der Waals surface area (Å²) in [5.41, 5.74) is -0.342. The number of amidine groups is 1. The lowest BCUT2D eigenvalue weighted by Crippen LogP contribution is -2.31. The van der Waals surface area contributed by atoms with Gasteiger partial charge in [0.05, 0.1) is 16.5 Å². The Morgan fingerprint density at radius 2 is 2.15 bits per heavy atom. The largest absolute Gasteiger partial charge is 0.349 e. The van der Waals surface area contributed by atoms with Gasteiger partial charge in [-0.15, -0.1) is 0 Å². The molecule has 0 radical (unpaired) electrons. The van der Waals surface area contributed by atoms with Crippen molar-refractivity contribution in [2.75, 3.05) is 6.54 Å². The van der Waals surface area contributed by atoms with E-state index in [1.807, 2.05) is 0 Å². The molecule has 1 saturated heterocycles. The van der Waals surface area contributed by atoms with Gasteiger partial charge >= 0.3 is 0 Å². The number of benzene rings is 1. The first-order chi connectivity index (χ1) is 12.4. The predicted molar refractivity (Wildman–Crippen MR) is 89.7 cm³/mol. The van der Waals surface area contributed by atoms with E-state index in [-0.39, 0.29) is 39.8 Å². The quantitative estimate of drug-likeness (QED) is 0.367. The SMILES string of the molecule is N=C(c1cc([N+](=O)[O-])cnc1SF)N1CCCC1c1cc(F)ccc1F. The lowest BCUT2D eigenvalue weighted by atomic mass is 10.0. The minimum Gasteiger partial charge on any atom is -0.349 e. The summed E-state index contributed by atoms with van der Waals surface area (Å²) in [7, 11) is 0. The normalized spacial score (nSPS) is 16.7. The molecule has 10 heteroatoms. The molecule has 1 unspecified atom stereocenters. The van der Waals surface area contributed by atoms with Crippen LogP contribution in [0.5, 0.6) is 0 Å². The van der Waals surface area contributed by atoms with Crippen molar-refractivity contribution < 1.29 is 17.6 Å². The van der Waals surface area contributed by atoms with Gasteiger partial charge in [0.25, 0.3) is 5.69 Å². The second-order valence-electron chi connectivity index (χ2n) is 5.75. The highest BCUT2D eigenvalue weighted by molar-refractivity contribution is 7.94. The van der Waals surface area contributed by atoms with Crippen LogP contribution >= 0.6 is 12.1 Å². The minimum absolute atomic E-state index is 0.0598. The van der Waals surface area contributed by atoms with E-state index in [1.54, 1.807) is 0 Å². The molecule has 1 aliphatic heterocycles. The molecule has 1 atom stereocenters. The number of hydrogen-bond acceptors (Lipinski definition) is 5. The maximum atomic E-state index is 14.1. The summed E-state index contributed by atoms with van der Waals surface area (Å²) in [5, 5.41) is 19.1. The molecule has 136 valence electrons. The standard InChI is InChI=1S/C16H13F3N4O2S/c17-9-3-4-13(18)11(6-9)14-2-1-5-22(14)15(20)12-7-10(23(24)25)8-21-16(12)26-19/h3-4,6-8,14,20H,1-2,5H2. The first kappa shape index (κ1) is 18.2. The van der Waals surface area contributed by atoms with Crippen LogP contribution in [0, 0.1) is 27.2 Å². The highest BCUT2D eigenvalue weighted by atomic mass is 32.2. The Kier molecular flexibility index (Phi) is 5.12. The molecule has 2 heterocycles. The Morgan fingerprint density at radius 3 is 2.85 bits per heavy atom. The van der Waals surface area contributed by atoms with Crippen LogP contribution in [0.2, 0.25) is 0 Å². The van der Waals surface area contributed by atoms with Gasteiger partial charge in [-0.25, -0.2) is 13.8 Å². The molecule has 1 fully saturated rings. The number of nitrogens with one attached hydrogen (secondary N) is 1. The van der Waals surface area contributed by atoms with Crippen LogP contribution in [0.1, 0.15) is 30.0 Å². The number of pyridine rings is 1. The third kappa shape index (κ3) is 3.36. The predicted octanol–water partition coefficient (Wildman–Crippen LogP) is 4.41. The summed E-state index contributed by atoms with van der Waals surface area (Å²) in [4.78, 5) is 15.4. The van der Waals surface area contributed by atoms with Crippen molar-refractivity contribution in [2.45, 2.75) is 23.9 Å². The molecule has 0 aliphatic carbocycles. The van der Waals surface area contributed by atoms with Crippen LogP contribution in [0.15, 0.2) is 35.5 Å². The molecule has 1 N–H and O–H groups in total. The summed E-state index contributed by atoms with van der Waals surface area (Å²) in [6.07, 6.45) is 2.00. The highest BCUT2D eigenvalue weighted by Crippen LogP contribution is 2.36. The molecule has 0 amide bonds. The Labute approximate surface area is 151 Å². The van der Waals surface area contributed by atoms with Gasteiger partial charge in [0.2, 0.25) is 0 Å². The average Bonchev–Trinajstić information content (AvgIpc) is 3.12. The fraction of sp³-hybridized carbons (Fsp3) is 0.250. The monoisotopic (exact) mass is 382 g/mol. The third-order valence-corrected chi connectivity index (χ3v) is 4.70. The number of halogens is 3. The number of likely N-dealkylation sites (tertiary alicyclic amines) is 1. The second kappa shape index (κ2) is 7.32. The molecule has 2 aromatic rings. The summed E-state index contributed by atoms with van der Waals surface area (Å²) in [5.74, 6) is -1.42. The van der Waals surface area contributed by atoms with Crippen molar-refractivity contribution in [3.63, 3.8) is 0 Å². The van der Waals surface area contributed by atoms with Crippen molar-refractivity contribution in [3.8, 4) is 0 Å². The zero-order valence-electron chi connectivity index (χ0n) is 13.3. The molecule has 1 aromatic carbocycles. The molecule has 6 nitrogen and oxygen atoms in total. The van der Waals surface area contributed by atoms with Crippen LogP contribution in [-0.4, -0.2) is 27.2 Å². The van der Waals surface area contributed by atoms with Gasteiger partial charge in [-0.2, -0.15) is 3.89 Å². The summed E-state index contributed by atoms with van der Waals surface area (Å²) in [6.45, 7) is 0.360. The summed E-state index contributed by atoms with van der Waals surface area (Å²) >= 11 is -0.230. The lowest BCUT2D eigenvalue weighted by molar-refractivity contribution is -0.385. The highest BCUT2D eigenvalue weighted by Gasteiger charge is 2.32. The van der Waals surface area contributed by atoms with Crippen LogP contribution < -0.4 is 0 Å². The first-order valence-corrected chi connectivity index (χ1v) is 8.37. The molecular weight excluding hydrogens is 369 g/mol. The molecule has 26 heavy (non-hydrogen) atoms. The van der Waals surface area contributed by atoms with Gasteiger partial charge in [-0.1, -0.05) is 0 Å². The van der Waals surface area contributed by atoms with Crippen LogP contribution in [0.3, 0.4) is 0 Å². The first-order valence-electron chi connectivity index (χ1n) is 7.66. The van der Waals surface area contributed by atoms with Crippen molar-refractivity contribution >= 4 is 23.7 Å². The van der Waals surface area contributed by atoms with Gasteiger partial charge in [-0.3, -0.25) is 15.5 Å². The Bertz CT molecular complexity index is 881. The van der Waals surface area contributed by atoms with Crippen molar-refractivity contribution in [1.82, 2.24) is 9.88 Å². The maximum Gasteiger partial charge on any atom is 0.288 e. The number of nitro groups is 1. The molecule has 1 aromatic heterocycles. The molecule has 0 bridgehead atoms. The van der Waals surface area contributed by atoms with Gasteiger partial charge in [-0.05, 0) is 31.0 Å². The molecular formula is C16H13F3N4O2S. The van der Waals surface area contributed by atoms with E-state index in [0.29, 0.717) is 19.4 Å². The van der Waals surface area contributed by atoms with Gasteiger partial charge in [0.1, 0.15) is 40.8 Å². The van der Waals surface area contributed by atoms with E-state index >= 15 is 0 Å². The topological polar surface area (TPSA) is 83.1 Å². The average molecular weight is 382 g/mol. The fourth-order valence-corrected chi connectivity index (χ4v) is 3.39. The minimum atomic E-state index is -0.690. The van der Waals surface area contributed by atoms with Crippen molar-refractivity contribution in [2.24, 2.45) is 0 Å². The zero-order chi connectivity index (χ0) is 18.8. The molecule has 3 rings (SSSR count). The molecule has 0 spiro atoms. The van der Waals surface area contributed by atoms with Crippen molar-refractivity contribution in [3.05, 3.63) is 63.3 Å². The third-order valence-electron chi connectivity index (χ3n) is 4.23. The Balaban J connectivity index is 2.00. The number of aromatic nitrogens is 1. The number of hydrogen-bond donors (Lipinski definition) is 1. The molecule has 0 saturated carbocycles. The number of nitrogens with zero attached hydrogens (tertiary/aromatic N) is 3. The van der Waals surface area contributed by atoms with Gasteiger partial charge < -0.3 is 4.90 Å². The summed E-state index contributed by atoms with van der Waals surface area (Å²) < 4.78 is 40.8. The maximum absolute atomic E-state index is 14.1. The van der Waals surface area contributed by atoms with E-state index < -0.39 is 22.6 Å². The van der Waals surface area contributed by atoms with E-state index in [4.69, 9.17) is 5.41 Å². The second-order valence-corrected chi connectivity index (χ2v) is 6.29. The lowest BCUT2D eigenvalue weighted by Gasteiger charge is -2.28. The zero-order valence-corrected chi connectivity index (χ0v) is 14.1. The Hall–Kier alpha value is -2.62. The Morgan fingerprint density at radius 1 is 1.38 bits per heavy atom. The van der Waals surface area contributed by atoms with Crippen molar-refractivity contribution in [1.29, 1.82) is 5.41 Å². The van der Waals surface area contributed by atoms with E-state index in [1.165, 1.54) is 4.90 Å². The van der Waals surface area contributed by atoms with Crippen LogP contribution in [0.25, 0.3) is 0 Å². The molecule has 1 aliphatic rings. The van der Waals surface area contributed by atoms with Crippen LogP contribution in [-0.2, 0) is 0 Å². The fourth-order valence-electron chi connectivity index (χ4n) is 3.05. The summed E-state index contributed by atoms with van der Waals surface area (Å²) in [6, 6.07) is 3.54. The van der Waals surface area contributed by atoms with Gasteiger partial charge in [0, 0.05) is 18.2 Å². The smallest absolute Gasteiger partial charge is 0.288 e. The van der Waals surface area contributed by atoms with E-state index in [9.17, 15) is 22.8 Å².